The van der Waals surface area contributed by atoms with Crippen molar-refractivity contribution in [3.8, 4) is 22.6 Å². The van der Waals surface area contributed by atoms with Crippen molar-refractivity contribution in [1.82, 2.24) is 0 Å². The molecule has 0 unspecified atom stereocenters. The fourth-order valence-corrected chi connectivity index (χ4v) is 13.3. The van der Waals surface area contributed by atoms with Crippen LogP contribution in [0.2, 0.25) is 0 Å². The first-order valence-corrected chi connectivity index (χ1v) is 16.7. The van der Waals surface area contributed by atoms with Gasteiger partial charge in [0.25, 0.3) is 0 Å². The number of rotatable bonds is 6. The number of hydrogen-bond acceptors (Lipinski definition) is 3. The Bertz CT molecular complexity index is 1340. The van der Waals surface area contributed by atoms with Gasteiger partial charge in [0.2, 0.25) is 0 Å². The zero-order chi connectivity index (χ0) is 27.6. The molecule has 8 rings (SSSR count). The normalized spacial score (nSPS) is 30.4. The molecule has 0 spiro atoms. The van der Waals surface area contributed by atoms with Crippen molar-refractivity contribution in [2.45, 2.75) is 76.7 Å². The molecule has 3 nitrogen and oxygen atoms in total. The highest BCUT2D eigenvalue weighted by atomic mass is 31.1. The smallest absolute Gasteiger partial charge is 0.130 e. The third-order valence-corrected chi connectivity index (χ3v) is 13.8. The van der Waals surface area contributed by atoms with Crippen LogP contribution in [0.4, 0.5) is 11.4 Å². The number of nitrogens with zero attached hydrogens (tertiary/aromatic N) is 1. The van der Waals surface area contributed by atoms with Crippen LogP contribution in [0.1, 0.15) is 65.7 Å². The third-order valence-electron chi connectivity index (χ3n) is 10.3. The SMILES string of the molecule is COc1cccc(OC)c1-c1cccc2c1[P@@](C(C)(C)C)[C@@H](CC13CC4CC(CC(C4)C1)C3)N2c1ccccc1. The summed E-state index contributed by atoms with van der Waals surface area (Å²) in [7, 11) is 3.01. The van der Waals surface area contributed by atoms with Crippen LogP contribution in [-0.2, 0) is 0 Å². The molecule has 4 saturated carbocycles. The van der Waals surface area contributed by atoms with Crippen LogP contribution < -0.4 is 19.7 Å². The third kappa shape index (κ3) is 4.27. The van der Waals surface area contributed by atoms with E-state index in [1.54, 1.807) is 14.2 Å². The second-order valence-corrected chi connectivity index (χ2v) is 17.2. The maximum atomic E-state index is 5.97. The Morgan fingerprint density at radius 1 is 0.775 bits per heavy atom. The summed E-state index contributed by atoms with van der Waals surface area (Å²) in [4.78, 5) is 2.76. The molecule has 4 fully saturated rings. The molecule has 4 aliphatic carbocycles. The molecule has 4 heteroatoms. The Kier molecular flexibility index (Phi) is 6.46. The summed E-state index contributed by atoms with van der Waals surface area (Å²) in [6.07, 6.45) is 10.2. The Hall–Kier alpha value is -2.51. The molecule has 0 radical (unpaired) electrons. The predicted octanol–water partition coefficient (Wildman–Crippen LogP) is 9.36. The zero-order valence-corrected chi connectivity index (χ0v) is 25.7. The van der Waals surface area contributed by atoms with Gasteiger partial charge < -0.3 is 14.4 Å². The van der Waals surface area contributed by atoms with E-state index in [9.17, 15) is 0 Å². The first kappa shape index (κ1) is 26.4. The maximum absolute atomic E-state index is 5.97. The summed E-state index contributed by atoms with van der Waals surface area (Å²) in [5, 5.41) is 1.66. The van der Waals surface area contributed by atoms with Gasteiger partial charge in [0.05, 0.1) is 31.3 Å². The highest BCUT2D eigenvalue weighted by Gasteiger charge is 2.55. The molecule has 1 heterocycles. The fourth-order valence-electron chi connectivity index (χ4n) is 9.51. The maximum Gasteiger partial charge on any atom is 0.130 e. The zero-order valence-electron chi connectivity index (χ0n) is 24.8. The van der Waals surface area contributed by atoms with E-state index in [1.807, 2.05) is 6.07 Å². The molecule has 0 N–H and O–H groups in total. The van der Waals surface area contributed by atoms with Gasteiger partial charge in [0, 0.05) is 11.0 Å². The number of methoxy groups -OCH3 is 2. The first-order chi connectivity index (χ1) is 19.3. The van der Waals surface area contributed by atoms with E-state index in [-0.39, 0.29) is 5.16 Å². The number of hydrogen-bond donors (Lipinski definition) is 0. The summed E-state index contributed by atoms with van der Waals surface area (Å²) >= 11 is 0. The van der Waals surface area contributed by atoms with E-state index in [4.69, 9.17) is 9.47 Å². The second kappa shape index (κ2) is 9.80. The van der Waals surface area contributed by atoms with Crippen LogP contribution in [0.15, 0.2) is 66.7 Å². The second-order valence-electron chi connectivity index (χ2n) is 14.1. The van der Waals surface area contributed by atoms with Crippen LogP contribution >= 0.6 is 7.92 Å². The monoisotopic (exact) mass is 553 g/mol. The van der Waals surface area contributed by atoms with Crippen molar-refractivity contribution >= 4 is 24.6 Å². The molecule has 210 valence electrons. The van der Waals surface area contributed by atoms with Crippen LogP contribution in [-0.4, -0.2) is 25.2 Å². The standard InChI is InChI=1S/C36H44NO2P/c1-35(2,3)40-32(23-36-20-24-17-25(21-36)19-26(18-24)22-36)37(27-11-7-6-8-12-27)29-14-9-13-28(34(29)40)33-30(38-4)15-10-16-31(33)39-5/h6-16,24-26,32H,17-23H2,1-5H3/t24?,25?,26?,32-,36?,40-/m0/s1. The molecule has 0 aromatic heterocycles. The summed E-state index contributed by atoms with van der Waals surface area (Å²) in [5.41, 5.74) is 5.58. The topological polar surface area (TPSA) is 21.7 Å². The average molecular weight is 554 g/mol. The molecule has 3 aromatic carbocycles. The first-order valence-electron chi connectivity index (χ1n) is 15.3. The van der Waals surface area contributed by atoms with Gasteiger partial charge in [0.15, 0.2) is 0 Å². The van der Waals surface area contributed by atoms with Gasteiger partial charge >= 0.3 is 0 Å². The molecule has 4 bridgehead atoms. The van der Waals surface area contributed by atoms with Crippen molar-refractivity contribution in [2.24, 2.45) is 23.2 Å². The highest BCUT2D eigenvalue weighted by molar-refractivity contribution is 7.69. The molecule has 2 atom stereocenters. The minimum atomic E-state index is -0.545. The van der Waals surface area contributed by atoms with Crippen molar-refractivity contribution < 1.29 is 9.47 Å². The summed E-state index contributed by atoms with van der Waals surface area (Å²) in [6.45, 7) is 7.46. The minimum absolute atomic E-state index is 0.145. The number of benzene rings is 3. The molecule has 1 aliphatic heterocycles. The number of para-hydroxylation sites is 1. The summed E-state index contributed by atoms with van der Waals surface area (Å²) in [5.74, 6) is 5.14. The molecule has 0 amide bonds. The summed E-state index contributed by atoms with van der Waals surface area (Å²) < 4.78 is 11.9. The van der Waals surface area contributed by atoms with Gasteiger partial charge in [-0.1, -0.05) is 57.2 Å². The number of fused-ring (bicyclic) bond motifs is 1. The Morgan fingerprint density at radius 2 is 1.35 bits per heavy atom. The van der Waals surface area contributed by atoms with E-state index in [0.717, 1.165) is 34.8 Å². The molecule has 0 saturated heterocycles. The lowest BCUT2D eigenvalue weighted by Crippen LogP contribution is -2.48. The number of ether oxygens (including phenoxy) is 2. The van der Waals surface area contributed by atoms with Gasteiger partial charge in [-0.05, 0) is 117 Å². The van der Waals surface area contributed by atoms with Crippen LogP contribution in [0.3, 0.4) is 0 Å². The van der Waals surface area contributed by atoms with Gasteiger partial charge in [-0.2, -0.15) is 0 Å². The van der Waals surface area contributed by atoms with Crippen molar-refractivity contribution in [1.29, 1.82) is 0 Å². The van der Waals surface area contributed by atoms with Crippen LogP contribution in [0.25, 0.3) is 11.1 Å². The van der Waals surface area contributed by atoms with Crippen molar-refractivity contribution in [3.63, 3.8) is 0 Å². The van der Waals surface area contributed by atoms with Crippen LogP contribution in [0, 0.1) is 23.2 Å². The lowest BCUT2D eigenvalue weighted by molar-refractivity contribution is -0.0571. The Balaban J connectivity index is 1.43. The van der Waals surface area contributed by atoms with Crippen molar-refractivity contribution in [2.75, 3.05) is 19.1 Å². The van der Waals surface area contributed by atoms with Gasteiger partial charge in [-0.25, -0.2) is 0 Å². The lowest BCUT2D eigenvalue weighted by Gasteiger charge is -2.58. The average Bonchev–Trinajstić information content (AvgIpc) is 3.26. The molecular formula is C36H44NO2P. The van der Waals surface area contributed by atoms with Gasteiger partial charge in [0.1, 0.15) is 11.5 Å². The van der Waals surface area contributed by atoms with Crippen LogP contribution in [0.5, 0.6) is 11.5 Å². The molecular weight excluding hydrogens is 509 g/mol. The van der Waals surface area contributed by atoms with E-state index < -0.39 is 7.92 Å². The predicted molar refractivity (Wildman–Crippen MR) is 169 cm³/mol. The van der Waals surface area contributed by atoms with Gasteiger partial charge in [-0.3, -0.25) is 0 Å². The quantitative estimate of drug-likeness (QED) is 0.284. The summed E-state index contributed by atoms with van der Waals surface area (Å²) in [6, 6.07) is 24.4. The van der Waals surface area contributed by atoms with Crippen molar-refractivity contribution in [3.05, 3.63) is 66.7 Å². The van der Waals surface area contributed by atoms with E-state index in [0.29, 0.717) is 11.2 Å². The van der Waals surface area contributed by atoms with E-state index in [2.05, 4.69) is 86.3 Å². The highest BCUT2D eigenvalue weighted by Crippen LogP contribution is 2.69. The Labute approximate surface area is 242 Å². The van der Waals surface area contributed by atoms with E-state index in [1.165, 1.54) is 67.2 Å². The largest absolute Gasteiger partial charge is 0.496 e. The molecule has 3 aromatic rings. The fraction of sp³-hybridized carbons (Fsp3) is 0.500. The lowest BCUT2D eigenvalue weighted by atomic mass is 9.49. The molecule has 40 heavy (non-hydrogen) atoms. The van der Waals surface area contributed by atoms with E-state index >= 15 is 0 Å². The minimum Gasteiger partial charge on any atom is -0.496 e. The van der Waals surface area contributed by atoms with Gasteiger partial charge in [-0.15, -0.1) is 0 Å². The number of anilines is 2. The Morgan fingerprint density at radius 3 is 1.90 bits per heavy atom. The molecule has 5 aliphatic rings.